The second-order valence-electron chi connectivity index (χ2n) is 4.69. The highest BCUT2D eigenvalue weighted by Gasteiger charge is 2.59. The maximum absolute atomic E-state index is 8.87. The summed E-state index contributed by atoms with van der Waals surface area (Å²) in [6.45, 7) is 2.48. The van der Waals surface area contributed by atoms with E-state index in [1.165, 1.54) is 0 Å². The van der Waals surface area contributed by atoms with Crippen LogP contribution in [0.2, 0.25) is 0 Å². The van der Waals surface area contributed by atoms with E-state index in [-0.39, 0.29) is 12.2 Å². The summed E-state index contributed by atoms with van der Waals surface area (Å²) >= 11 is 0. The Balaban J connectivity index is 1.99. The van der Waals surface area contributed by atoms with Gasteiger partial charge in [-0.05, 0) is 25.1 Å². The molecule has 0 bridgehead atoms. The van der Waals surface area contributed by atoms with Crippen LogP contribution in [0.3, 0.4) is 0 Å². The number of nitrogens with zero attached hydrogens (tertiary/aromatic N) is 1. The molecule has 0 aromatic heterocycles. The second-order valence-corrected chi connectivity index (χ2v) is 4.69. The van der Waals surface area contributed by atoms with Gasteiger partial charge in [0.05, 0.1) is 18.2 Å². The van der Waals surface area contributed by atoms with Crippen LogP contribution in [0.4, 0.5) is 0 Å². The molecule has 4 nitrogen and oxygen atoms in total. The Labute approximate surface area is 99.7 Å². The maximum Gasteiger partial charge on any atom is 0.158 e. The SMILES string of the molecule is COCC1(C)Oc2ccc(C#N)cc2C2OC21. The van der Waals surface area contributed by atoms with Crippen LogP contribution < -0.4 is 4.74 Å². The standard InChI is InChI=1S/C13H13NO3/c1-13(7-15-2)12-11(16-12)9-5-8(6-14)3-4-10(9)17-13/h3-5,11-12H,7H2,1-2H3. The molecule has 0 saturated carbocycles. The molecule has 88 valence electrons. The summed E-state index contributed by atoms with van der Waals surface area (Å²) in [5.74, 6) is 0.794. The molecule has 1 saturated heterocycles. The highest BCUT2D eigenvalue weighted by atomic mass is 16.6. The molecule has 17 heavy (non-hydrogen) atoms. The van der Waals surface area contributed by atoms with E-state index in [0.717, 1.165) is 11.3 Å². The largest absolute Gasteiger partial charge is 0.482 e. The first kappa shape index (κ1) is 10.6. The molecule has 0 N–H and O–H groups in total. The fourth-order valence-corrected chi connectivity index (χ4v) is 2.45. The molecule has 0 spiro atoms. The number of fused-ring (bicyclic) bond motifs is 3. The summed E-state index contributed by atoms with van der Waals surface area (Å²) in [4.78, 5) is 0. The summed E-state index contributed by atoms with van der Waals surface area (Å²) in [7, 11) is 1.65. The number of hydrogen-bond donors (Lipinski definition) is 0. The van der Waals surface area contributed by atoms with Crippen molar-refractivity contribution in [2.45, 2.75) is 24.7 Å². The van der Waals surface area contributed by atoms with Gasteiger partial charge in [-0.25, -0.2) is 0 Å². The number of hydrogen-bond acceptors (Lipinski definition) is 4. The van der Waals surface area contributed by atoms with Gasteiger partial charge in [0, 0.05) is 12.7 Å². The average Bonchev–Trinajstić information content (AvgIpc) is 3.10. The maximum atomic E-state index is 8.87. The Morgan fingerprint density at radius 1 is 1.53 bits per heavy atom. The zero-order valence-electron chi connectivity index (χ0n) is 9.77. The van der Waals surface area contributed by atoms with E-state index in [9.17, 15) is 0 Å². The molecule has 2 aliphatic heterocycles. The van der Waals surface area contributed by atoms with Gasteiger partial charge in [0.2, 0.25) is 0 Å². The Kier molecular flexibility index (Phi) is 2.15. The molecular formula is C13H13NO3. The zero-order chi connectivity index (χ0) is 12.0. The first-order valence-corrected chi connectivity index (χ1v) is 5.55. The lowest BCUT2D eigenvalue weighted by atomic mass is 9.92. The quantitative estimate of drug-likeness (QED) is 0.728. The lowest BCUT2D eigenvalue weighted by Gasteiger charge is -2.32. The Morgan fingerprint density at radius 3 is 3.06 bits per heavy atom. The number of nitriles is 1. The minimum absolute atomic E-state index is 0.0314. The molecule has 2 aliphatic rings. The van der Waals surface area contributed by atoms with Gasteiger partial charge in [0.1, 0.15) is 18.0 Å². The molecular weight excluding hydrogens is 218 g/mol. The first-order chi connectivity index (χ1) is 8.18. The Morgan fingerprint density at radius 2 is 2.35 bits per heavy atom. The highest BCUT2D eigenvalue weighted by Crippen LogP contribution is 2.53. The van der Waals surface area contributed by atoms with Crippen LogP contribution in [-0.2, 0) is 9.47 Å². The summed E-state index contributed by atoms with van der Waals surface area (Å²) in [5, 5.41) is 8.87. The summed E-state index contributed by atoms with van der Waals surface area (Å²) < 4.78 is 16.8. The number of rotatable bonds is 2. The van der Waals surface area contributed by atoms with E-state index in [1.807, 2.05) is 19.1 Å². The van der Waals surface area contributed by atoms with Crippen LogP contribution >= 0.6 is 0 Å². The minimum Gasteiger partial charge on any atom is -0.482 e. The van der Waals surface area contributed by atoms with E-state index in [1.54, 1.807) is 13.2 Å². The third kappa shape index (κ3) is 1.51. The molecule has 4 heteroatoms. The van der Waals surface area contributed by atoms with Gasteiger partial charge in [0.15, 0.2) is 5.60 Å². The lowest BCUT2D eigenvalue weighted by molar-refractivity contribution is -0.0177. The van der Waals surface area contributed by atoms with E-state index < -0.39 is 5.60 Å². The summed E-state index contributed by atoms with van der Waals surface area (Å²) in [6, 6.07) is 7.56. The second kappa shape index (κ2) is 3.46. The van der Waals surface area contributed by atoms with Crippen LogP contribution in [0.25, 0.3) is 0 Å². The Bertz CT molecular complexity index is 508. The van der Waals surface area contributed by atoms with Crippen molar-refractivity contribution in [1.82, 2.24) is 0 Å². The molecule has 3 unspecified atom stereocenters. The zero-order valence-corrected chi connectivity index (χ0v) is 9.77. The monoisotopic (exact) mass is 231 g/mol. The van der Waals surface area contributed by atoms with Crippen molar-refractivity contribution in [3.8, 4) is 11.8 Å². The molecule has 1 aromatic carbocycles. The van der Waals surface area contributed by atoms with Crippen molar-refractivity contribution in [1.29, 1.82) is 5.26 Å². The molecule has 3 rings (SSSR count). The van der Waals surface area contributed by atoms with Crippen LogP contribution in [0.5, 0.6) is 5.75 Å². The summed E-state index contributed by atoms with van der Waals surface area (Å²) in [5.41, 5.74) is 1.18. The molecule has 1 aromatic rings. The van der Waals surface area contributed by atoms with Crippen LogP contribution in [0.1, 0.15) is 24.2 Å². The average molecular weight is 231 g/mol. The predicted octanol–water partition coefficient (Wildman–Crippen LogP) is 1.80. The van der Waals surface area contributed by atoms with Crippen molar-refractivity contribution >= 4 is 0 Å². The van der Waals surface area contributed by atoms with Crippen LogP contribution in [0.15, 0.2) is 18.2 Å². The van der Waals surface area contributed by atoms with E-state index in [0.29, 0.717) is 12.2 Å². The lowest BCUT2D eigenvalue weighted by Crippen LogP contribution is -2.45. The predicted molar refractivity (Wildman–Crippen MR) is 59.7 cm³/mol. The Hall–Kier alpha value is -1.57. The molecule has 2 heterocycles. The van der Waals surface area contributed by atoms with Crippen LogP contribution in [0, 0.1) is 11.3 Å². The number of methoxy groups -OCH3 is 1. The van der Waals surface area contributed by atoms with Gasteiger partial charge >= 0.3 is 0 Å². The molecule has 3 atom stereocenters. The van der Waals surface area contributed by atoms with Gasteiger partial charge in [-0.1, -0.05) is 0 Å². The smallest absolute Gasteiger partial charge is 0.158 e. The van der Waals surface area contributed by atoms with E-state index in [2.05, 4.69) is 6.07 Å². The first-order valence-electron chi connectivity index (χ1n) is 5.55. The topological polar surface area (TPSA) is 54.8 Å². The van der Waals surface area contributed by atoms with Gasteiger partial charge in [0.25, 0.3) is 0 Å². The fourth-order valence-electron chi connectivity index (χ4n) is 2.45. The fraction of sp³-hybridized carbons (Fsp3) is 0.462. The van der Waals surface area contributed by atoms with Crippen LogP contribution in [-0.4, -0.2) is 25.4 Å². The number of ether oxygens (including phenoxy) is 3. The van der Waals surface area contributed by atoms with Crippen molar-refractivity contribution in [3.63, 3.8) is 0 Å². The minimum atomic E-state index is -0.430. The number of benzene rings is 1. The van der Waals surface area contributed by atoms with Gasteiger partial charge in [-0.3, -0.25) is 0 Å². The van der Waals surface area contributed by atoms with E-state index in [4.69, 9.17) is 19.5 Å². The third-order valence-corrected chi connectivity index (χ3v) is 3.31. The molecule has 0 amide bonds. The third-order valence-electron chi connectivity index (χ3n) is 3.31. The number of epoxide rings is 1. The summed E-state index contributed by atoms with van der Waals surface area (Å²) in [6.07, 6.45) is 0.0797. The van der Waals surface area contributed by atoms with Gasteiger partial charge in [-0.15, -0.1) is 0 Å². The van der Waals surface area contributed by atoms with Gasteiger partial charge < -0.3 is 14.2 Å². The van der Waals surface area contributed by atoms with Crippen molar-refractivity contribution < 1.29 is 14.2 Å². The van der Waals surface area contributed by atoms with Crippen molar-refractivity contribution in [2.75, 3.05) is 13.7 Å². The highest BCUT2D eigenvalue weighted by molar-refractivity contribution is 5.47. The molecule has 0 radical (unpaired) electrons. The van der Waals surface area contributed by atoms with Gasteiger partial charge in [-0.2, -0.15) is 5.26 Å². The van der Waals surface area contributed by atoms with E-state index >= 15 is 0 Å². The molecule has 0 aliphatic carbocycles. The normalized spacial score (nSPS) is 33.0. The van der Waals surface area contributed by atoms with Crippen molar-refractivity contribution in [2.24, 2.45) is 0 Å². The molecule has 1 fully saturated rings. The van der Waals surface area contributed by atoms with Crippen molar-refractivity contribution in [3.05, 3.63) is 29.3 Å².